The average molecular weight is 450 g/mol. The van der Waals surface area contributed by atoms with Crippen LogP contribution in [-0.2, 0) is 14.3 Å². The van der Waals surface area contributed by atoms with Crippen molar-refractivity contribution < 1.29 is 19.1 Å². The lowest BCUT2D eigenvalue weighted by molar-refractivity contribution is -0.136. The quantitative estimate of drug-likeness (QED) is 0.593. The lowest BCUT2D eigenvalue weighted by atomic mass is 10.0. The third-order valence-electron chi connectivity index (χ3n) is 5.88. The van der Waals surface area contributed by atoms with Gasteiger partial charge in [-0.15, -0.1) is 0 Å². The maximum Gasteiger partial charge on any atom is 0.278 e. The highest BCUT2D eigenvalue weighted by Crippen LogP contribution is 2.31. The summed E-state index contributed by atoms with van der Waals surface area (Å²) in [6.07, 6.45) is 0.728. The largest absolute Gasteiger partial charge is 0.494 e. The minimum absolute atomic E-state index is 0.255. The molecule has 33 heavy (non-hydrogen) atoms. The fourth-order valence-corrected chi connectivity index (χ4v) is 4.13. The summed E-state index contributed by atoms with van der Waals surface area (Å²) in [6.45, 7) is 8.92. The van der Waals surface area contributed by atoms with E-state index >= 15 is 0 Å². The SMILES string of the molecule is CCOc1cccc(NC2=C(c3ccc(C)cc3)C(=O)N(CCCN3CCOCC3)C2=O)c1. The normalized spacial score (nSPS) is 17.1. The number of morpholine rings is 1. The van der Waals surface area contributed by atoms with Crippen LogP contribution in [0.1, 0.15) is 24.5 Å². The first-order valence-electron chi connectivity index (χ1n) is 11.5. The number of carbonyl (C=O) groups is 2. The zero-order chi connectivity index (χ0) is 23.2. The van der Waals surface area contributed by atoms with Gasteiger partial charge >= 0.3 is 0 Å². The lowest BCUT2D eigenvalue weighted by Crippen LogP contribution is -2.39. The molecule has 7 heteroatoms. The third-order valence-corrected chi connectivity index (χ3v) is 5.88. The molecular formula is C26H31N3O4. The van der Waals surface area contributed by atoms with Gasteiger partial charge in [0.15, 0.2) is 0 Å². The van der Waals surface area contributed by atoms with Crippen LogP contribution in [-0.4, -0.2) is 67.6 Å². The molecule has 174 valence electrons. The number of amides is 2. The predicted molar refractivity (Wildman–Crippen MR) is 128 cm³/mol. The highest BCUT2D eigenvalue weighted by Gasteiger charge is 2.39. The van der Waals surface area contributed by atoms with Crippen molar-refractivity contribution in [3.8, 4) is 5.75 Å². The Morgan fingerprint density at radius 3 is 2.48 bits per heavy atom. The molecule has 1 saturated heterocycles. The first-order valence-corrected chi connectivity index (χ1v) is 11.5. The van der Waals surface area contributed by atoms with Crippen LogP contribution in [0.25, 0.3) is 5.57 Å². The second kappa shape index (κ2) is 10.6. The molecule has 1 N–H and O–H groups in total. The number of hydrogen-bond acceptors (Lipinski definition) is 6. The Morgan fingerprint density at radius 1 is 1.00 bits per heavy atom. The summed E-state index contributed by atoms with van der Waals surface area (Å²) in [7, 11) is 0. The summed E-state index contributed by atoms with van der Waals surface area (Å²) in [6, 6.07) is 15.1. The molecule has 0 radical (unpaired) electrons. The van der Waals surface area contributed by atoms with Crippen LogP contribution in [0.2, 0.25) is 0 Å². The first kappa shape index (κ1) is 23.0. The smallest absolute Gasteiger partial charge is 0.278 e. The van der Waals surface area contributed by atoms with Gasteiger partial charge in [0.25, 0.3) is 11.8 Å². The van der Waals surface area contributed by atoms with Gasteiger partial charge < -0.3 is 14.8 Å². The molecule has 0 spiro atoms. The molecule has 7 nitrogen and oxygen atoms in total. The summed E-state index contributed by atoms with van der Waals surface area (Å²) in [4.78, 5) is 30.5. The highest BCUT2D eigenvalue weighted by molar-refractivity contribution is 6.36. The van der Waals surface area contributed by atoms with E-state index in [0.29, 0.717) is 35.9 Å². The van der Waals surface area contributed by atoms with Crippen LogP contribution in [0.15, 0.2) is 54.2 Å². The van der Waals surface area contributed by atoms with Crippen molar-refractivity contribution in [2.24, 2.45) is 0 Å². The third kappa shape index (κ3) is 5.43. The Bertz CT molecular complexity index is 1030. The average Bonchev–Trinajstić information content (AvgIpc) is 3.05. The number of ether oxygens (including phenoxy) is 2. The van der Waals surface area contributed by atoms with E-state index in [1.165, 1.54) is 4.90 Å². The molecule has 0 aliphatic carbocycles. The second-order valence-corrected chi connectivity index (χ2v) is 8.27. The Hall–Kier alpha value is -3.16. The fraction of sp³-hybridized carbons (Fsp3) is 0.385. The fourth-order valence-electron chi connectivity index (χ4n) is 4.13. The summed E-state index contributed by atoms with van der Waals surface area (Å²) >= 11 is 0. The molecule has 2 aliphatic heterocycles. The van der Waals surface area contributed by atoms with E-state index in [2.05, 4.69) is 10.2 Å². The van der Waals surface area contributed by atoms with Crippen LogP contribution in [0.5, 0.6) is 5.75 Å². The number of imide groups is 1. The molecule has 2 heterocycles. The maximum atomic E-state index is 13.4. The van der Waals surface area contributed by atoms with Gasteiger partial charge in [-0.1, -0.05) is 35.9 Å². The monoisotopic (exact) mass is 449 g/mol. The van der Waals surface area contributed by atoms with Crippen molar-refractivity contribution in [3.63, 3.8) is 0 Å². The summed E-state index contributed by atoms with van der Waals surface area (Å²) in [5.74, 6) is 0.160. The van der Waals surface area contributed by atoms with Crippen molar-refractivity contribution in [3.05, 3.63) is 65.4 Å². The number of aryl methyl sites for hydroxylation is 1. The molecule has 0 saturated carbocycles. The molecule has 1 fully saturated rings. The number of nitrogens with one attached hydrogen (secondary N) is 1. The minimum Gasteiger partial charge on any atom is -0.494 e. The second-order valence-electron chi connectivity index (χ2n) is 8.27. The van der Waals surface area contributed by atoms with Crippen LogP contribution < -0.4 is 10.1 Å². The van der Waals surface area contributed by atoms with E-state index in [0.717, 1.165) is 50.4 Å². The van der Waals surface area contributed by atoms with Crippen LogP contribution in [0.3, 0.4) is 0 Å². The summed E-state index contributed by atoms with van der Waals surface area (Å²) in [5.41, 5.74) is 3.25. The molecule has 2 aromatic carbocycles. The number of nitrogens with zero attached hydrogens (tertiary/aromatic N) is 2. The number of hydrogen-bond donors (Lipinski definition) is 1. The number of carbonyl (C=O) groups excluding carboxylic acids is 2. The molecule has 0 bridgehead atoms. The van der Waals surface area contributed by atoms with Gasteiger partial charge in [-0.25, -0.2) is 0 Å². The molecule has 0 atom stereocenters. The van der Waals surface area contributed by atoms with E-state index in [9.17, 15) is 9.59 Å². The Kier molecular flexibility index (Phi) is 7.42. The van der Waals surface area contributed by atoms with Gasteiger partial charge in [0.05, 0.1) is 25.4 Å². The van der Waals surface area contributed by atoms with Crippen LogP contribution in [0.4, 0.5) is 5.69 Å². The van der Waals surface area contributed by atoms with E-state index in [-0.39, 0.29) is 11.8 Å². The first-order chi connectivity index (χ1) is 16.1. The van der Waals surface area contributed by atoms with Crippen molar-refractivity contribution >= 4 is 23.1 Å². The number of anilines is 1. The van der Waals surface area contributed by atoms with Crippen molar-refractivity contribution in [1.29, 1.82) is 0 Å². The Morgan fingerprint density at radius 2 is 1.76 bits per heavy atom. The molecule has 0 unspecified atom stereocenters. The zero-order valence-corrected chi connectivity index (χ0v) is 19.3. The van der Waals surface area contributed by atoms with Gasteiger partial charge in [-0.2, -0.15) is 0 Å². The van der Waals surface area contributed by atoms with Crippen molar-refractivity contribution in [1.82, 2.24) is 9.80 Å². The predicted octanol–water partition coefficient (Wildman–Crippen LogP) is 3.31. The number of benzene rings is 2. The van der Waals surface area contributed by atoms with Crippen LogP contribution >= 0.6 is 0 Å². The Labute approximate surface area is 195 Å². The molecular weight excluding hydrogens is 418 g/mol. The minimum atomic E-state index is -0.292. The van der Waals surface area contributed by atoms with E-state index < -0.39 is 0 Å². The van der Waals surface area contributed by atoms with Gasteiger partial charge in [0, 0.05) is 37.9 Å². The zero-order valence-electron chi connectivity index (χ0n) is 19.3. The highest BCUT2D eigenvalue weighted by atomic mass is 16.5. The summed E-state index contributed by atoms with van der Waals surface area (Å²) in [5, 5.41) is 3.21. The van der Waals surface area contributed by atoms with Crippen molar-refractivity contribution in [2.45, 2.75) is 20.3 Å². The van der Waals surface area contributed by atoms with Gasteiger partial charge in [0.1, 0.15) is 11.4 Å². The molecule has 2 aromatic rings. The summed E-state index contributed by atoms with van der Waals surface area (Å²) < 4.78 is 11.0. The van der Waals surface area contributed by atoms with Crippen molar-refractivity contribution in [2.75, 3.05) is 51.3 Å². The molecule has 4 rings (SSSR count). The van der Waals surface area contributed by atoms with E-state index in [4.69, 9.17) is 9.47 Å². The standard InChI is InChI=1S/C26H31N3O4/c1-3-33-22-7-4-6-21(18-22)27-24-23(20-10-8-19(2)9-11-20)25(30)29(26(24)31)13-5-12-28-14-16-32-17-15-28/h4,6-11,18,27H,3,5,12-17H2,1-2H3. The van der Waals surface area contributed by atoms with E-state index in [1.54, 1.807) is 0 Å². The maximum absolute atomic E-state index is 13.4. The lowest BCUT2D eigenvalue weighted by Gasteiger charge is -2.27. The molecule has 2 aliphatic rings. The van der Waals surface area contributed by atoms with Crippen LogP contribution in [0, 0.1) is 6.92 Å². The van der Waals surface area contributed by atoms with Gasteiger partial charge in [-0.3, -0.25) is 19.4 Å². The molecule has 0 aromatic heterocycles. The molecule has 2 amide bonds. The Balaban J connectivity index is 1.56. The topological polar surface area (TPSA) is 71.1 Å². The van der Waals surface area contributed by atoms with E-state index in [1.807, 2.05) is 62.4 Å². The van der Waals surface area contributed by atoms with Gasteiger partial charge in [0.2, 0.25) is 0 Å². The van der Waals surface area contributed by atoms with Gasteiger partial charge in [-0.05, 0) is 38.0 Å². The number of rotatable bonds is 9.